The van der Waals surface area contributed by atoms with Gasteiger partial charge in [-0.15, -0.1) is 0 Å². The third kappa shape index (κ3) is 2.52. The lowest BCUT2D eigenvalue weighted by molar-refractivity contribution is 0.507. The molecule has 4 heteroatoms. The number of aryl methyl sites for hydroxylation is 1. The maximum absolute atomic E-state index is 13.2. The fourth-order valence-corrected chi connectivity index (χ4v) is 4.63. The van der Waals surface area contributed by atoms with Crippen molar-refractivity contribution in [2.45, 2.75) is 65.7 Å². The van der Waals surface area contributed by atoms with Crippen LogP contribution in [0.15, 0.2) is 37.4 Å². The Kier molecular flexibility index (Phi) is 4.12. The molecule has 0 aliphatic heterocycles. The van der Waals surface area contributed by atoms with Crippen molar-refractivity contribution in [3.8, 4) is 11.1 Å². The van der Waals surface area contributed by atoms with Gasteiger partial charge in [-0.1, -0.05) is 41.5 Å². The molecule has 0 fully saturated rings. The quantitative estimate of drug-likeness (QED) is 0.373. The molecule has 4 nitrogen and oxygen atoms in total. The highest BCUT2D eigenvalue weighted by Crippen LogP contribution is 2.41. The van der Waals surface area contributed by atoms with Crippen LogP contribution in [0, 0.1) is 6.92 Å². The molecular weight excluding hydrogens is 376 g/mol. The molecule has 154 valence electrons. The minimum absolute atomic E-state index is 0.239. The van der Waals surface area contributed by atoms with E-state index in [4.69, 9.17) is 0 Å². The van der Waals surface area contributed by atoms with Gasteiger partial charge in [0.2, 0.25) is 21.7 Å². The Bertz CT molecular complexity index is 1510. The van der Waals surface area contributed by atoms with E-state index in [1.807, 2.05) is 48.5 Å². The zero-order chi connectivity index (χ0) is 22.3. The van der Waals surface area contributed by atoms with Crippen molar-refractivity contribution in [2.24, 2.45) is 0 Å². The summed E-state index contributed by atoms with van der Waals surface area (Å²) in [6, 6.07) is 5.23. The number of rotatable bonds is 2. The van der Waals surface area contributed by atoms with E-state index in [1.165, 1.54) is 0 Å². The standard InChI is InChI=1S/C26H26O4/c1-8-26(6,7)13-9-14-19-15(10-13)23(29)24(30)18-12(2)17(25(3,4)5)11-16(20(18)19)22(28)21(14)27/h9-11H,8H2,1-7H3. The molecule has 2 aliphatic carbocycles. The van der Waals surface area contributed by atoms with Crippen molar-refractivity contribution >= 4 is 21.5 Å². The van der Waals surface area contributed by atoms with Crippen LogP contribution in [0.3, 0.4) is 0 Å². The lowest BCUT2D eigenvalue weighted by Crippen LogP contribution is -2.33. The summed E-state index contributed by atoms with van der Waals surface area (Å²) in [7, 11) is 0. The molecule has 2 aromatic carbocycles. The summed E-state index contributed by atoms with van der Waals surface area (Å²) in [5.74, 6) is 0. The van der Waals surface area contributed by atoms with E-state index in [9.17, 15) is 19.2 Å². The Morgan fingerprint density at radius 3 is 1.63 bits per heavy atom. The highest BCUT2D eigenvalue weighted by Gasteiger charge is 2.31. The summed E-state index contributed by atoms with van der Waals surface area (Å²) in [5.41, 5.74) is 0.142. The average Bonchev–Trinajstić information content (AvgIpc) is 2.67. The zero-order valence-corrected chi connectivity index (χ0v) is 18.6. The highest BCUT2D eigenvalue weighted by atomic mass is 16.2. The van der Waals surface area contributed by atoms with Crippen LogP contribution in [-0.4, -0.2) is 0 Å². The Morgan fingerprint density at radius 2 is 1.17 bits per heavy atom. The Morgan fingerprint density at radius 1 is 0.700 bits per heavy atom. The van der Waals surface area contributed by atoms with Gasteiger partial charge in [-0.3, -0.25) is 19.2 Å². The summed E-state index contributed by atoms with van der Waals surface area (Å²) in [4.78, 5) is 52.7. The fraction of sp³-hybridized carbons (Fsp3) is 0.385. The fourth-order valence-electron chi connectivity index (χ4n) is 4.63. The second kappa shape index (κ2) is 6.07. The summed E-state index contributed by atoms with van der Waals surface area (Å²) in [6.07, 6.45) is 0.783. The third-order valence-corrected chi connectivity index (χ3v) is 6.82. The molecule has 0 spiro atoms. The smallest absolute Gasteiger partial charge is 0.234 e. The van der Waals surface area contributed by atoms with Crippen molar-refractivity contribution in [3.05, 3.63) is 75.8 Å². The minimum atomic E-state index is -0.608. The molecule has 0 unspecified atom stereocenters. The van der Waals surface area contributed by atoms with E-state index >= 15 is 0 Å². The summed E-state index contributed by atoms with van der Waals surface area (Å²) in [6.45, 7) is 13.8. The van der Waals surface area contributed by atoms with Crippen molar-refractivity contribution < 1.29 is 0 Å². The predicted octanol–water partition coefficient (Wildman–Crippen LogP) is 4.15. The second-order valence-electron chi connectivity index (χ2n) is 10.1. The molecule has 0 amide bonds. The van der Waals surface area contributed by atoms with Crippen LogP contribution in [0.5, 0.6) is 0 Å². The van der Waals surface area contributed by atoms with E-state index in [-0.39, 0.29) is 32.4 Å². The maximum atomic E-state index is 13.2. The Hall–Kier alpha value is -2.88. The molecule has 0 radical (unpaired) electrons. The molecule has 2 aromatic rings. The van der Waals surface area contributed by atoms with Crippen LogP contribution in [-0.2, 0) is 10.8 Å². The molecule has 0 saturated carbocycles. The van der Waals surface area contributed by atoms with Crippen LogP contribution < -0.4 is 21.7 Å². The highest BCUT2D eigenvalue weighted by molar-refractivity contribution is 6.12. The van der Waals surface area contributed by atoms with Gasteiger partial charge in [-0.2, -0.15) is 0 Å². The monoisotopic (exact) mass is 402 g/mol. The van der Waals surface area contributed by atoms with Crippen LogP contribution in [0.2, 0.25) is 0 Å². The zero-order valence-electron chi connectivity index (χ0n) is 18.6. The van der Waals surface area contributed by atoms with Crippen LogP contribution in [0.4, 0.5) is 0 Å². The number of hydrogen-bond acceptors (Lipinski definition) is 4. The van der Waals surface area contributed by atoms with Gasteiger partial charge in [0.25, 0.3) is 0 Å². The van der Waals surface area contributed by atoms with Gasteiger partial charge in [0, 0.05) is 32.7 Å². The van der Waals surface area contributed by atoms with Crippen molar-refractivity contribution in [3.63, 3.8) is 0 Å². The first-order valence-corrected chi connectivity index (χ1v) is 10.4. The van der Waals surface area contributed by atoms with Crippen LogP contribution in [0.25, 0.3) is 32.7 Å². The van der Waals surface area contributed by atoms with Crippen molar-refractivity contribution in [2.75, 3.05) is 0 Å². The Labute approximate surface area is 174 Å². The van der Waals surface area contributed by atoms with E-state index < -0.39 is 21.7 Å². The van der Waals surface area contributed by atoms with Gasteiger partial charge in [0.05, 0.1) is 0 Å². The normalized spacial score (nSPS) is 13.2. The molecule has 0 heterocycles. The van der Waals surface area contributed by atoms with Crippen LogP contribution >= 0.6 is 0 Å². The Balaban J connectivity index is 2.41. The molecule has 0 atom stereocenters. The second-order valence-corrected chi connectivity index (χ2v) is 10.1. The van der Waals surface area contributed by atoms with Gasteiger partial charge in [0.15, 0.2) is 0 Å². The van der Waals surface area contributed by atoms with E-state index in [0.717, 1.165) is 17.5 Å². The molecule has 0 N–H and O–H groups in total. The first kappa shape index (κ1) is 20.4. The maximum Gasteiger partial charge on any atom is 0.234 e. The third-order valence-electron chi connectivity index (χ3n) is 6.82. The summed E-state index contributed by atoms with van der Waals surface area (Å²) < 4.78 is 0. The largest absolute Gasteiger partial charge is 0.285 e. The van der Waals surface area contributed by atoms with Gasteiger partial charge in [0.1, 0.15) is 0 Å². The van der Waals surface area contributed by atoms with Gasteiger partial charge >= 0.3 is 0 Å². The SMILES string of the molecule is CCC(C)(C)c1cc2c3c(c1)c(=O)c(=O)c1c(C)c(C(C)(C)C)cc(c1-3)c(=O)c2=O. The first-order valence-electron chi connectivity index (χ1n) is 10.4. The topological polar surface area (TPSA) is 68.3 Å². The van der Waals surface area contributed by atoms with Gasteiger partial charge in [-0.05, 0) is 59.1 Å². The lowest BCUT2D eigenvalue weighted by Gasteiger charge is -2.27. The number of hydrogen-bond donors (Lipinski definition) is 0. The van der Waals surface area contributed by atoms with Crippen LogP contribution in [0.1, 0.15) is 64.7 Å². The first-order chi connectivity index (χ1) is 13.8. The van der Waals surface area contributed by atoms with E-state index in [2.05, 4.69) is 0 Å². The molecular formula is C26H26O4. The number of benzene rings is 4. The minimum Gasteiger partial charge on any atom is -0.285 e. The summed E-state index contributed by atoms with van der Waals surface area (Å²) in [5, 5.41) is 1.00. The predicted molar refractivity (Wildman–Crippen MR) is 123 cm³/mol. The van der Waals surface area contributed by atoms with Crippen molar-refractivity contribution in [1.82, 2.24) is 0 Å². The molecule has 0 saturated heterocycles. The lowest BCUT2D eigenvalue weighted by atomic mass is 9.75. The average molecular weight is 402 g/mol. The van der Waals surface area contributed by atoms with E-state index in [1.54, 1.807) is 18.2 Å². The summed E-state index contributed by atoms with van der Waals surface area (Å²) >= 11 is 0. The molecule has 30 heavy (non-hydrogen) atoms. The van der Waals surface area contributed by atoms with E-state index in [0.29, 0.717) is 16.7 Å². The van der Waals surface area contributed by atoms with Gasteiger partial charge in [-0.25, -0.2) is 0 Å². The van der Waals surface area contributed by atoms with Crippen molar-refractivity contribution in [1.29, 1.82) is 0 Å². The molecule has 0 bridgehead atoms. The molecule has 4 rings (SSSR count). The molecule has 2 aliphatic rings. The molecule has 0 aromatic heterocycles. The van der Waals surface area contributed by atoms with Gasteiger partial charge < -0.3 is 0 Å².